The van der Waals surface area contributed by atoms with Crippen LogP contribution in [0.5, 0.6) is 0 Å². The molecule has 1 aromatic carbocycles. The maximum atomic E-state index is 10.7. The second kappa shape index (κ2) is 4.63. The molecule has 0 amide bonds. The summed E-state index contributed by atoms with van der Waals surface area (Å²) in [7, 11) is 0. The lowest BCUT2D eigenvalue weighted by Gasteiger charge is -2.08. The van der Waals surface area contributed by atoms with Crippen molar-refractivity contribution in [3.8, 4) is 0 Å². The molecule has 2 aromatic rings. The zero-order valence-electron chi connectivity index (χ0n) is 8.38. The second-order valence-corrected chi connectivity index (χ2v) is 3.21. The smallest absolute Gasteiger partial charge is 0.390 e. The molecular weight excluding hydrogens is 210 g/mol. The van der Waals surface area contributed by atoms with E-state index in [1.165, 1.54) is 0 Å². The molecule has 0 aliphatic rings. The van der Waals surface area contributed by atoms with Gasteiger partial charge in [0.15, 0.2) is 0 Å². The van der Waals surface area contributed by atoms with Gasteiger partial charge in [-0.25, -0.2) is 9.89 Å². The Morgan fingerprint density at radius 2 is 2.19 bits per heavy atom. The number of anilines is 1. The van der Waals surface area contributed by atoms with Crippen LogP contribution in [0.2, 0.25) is 0 Å². The van der Waals surface area contributed by atoms with Crippen molar-refractivity contribution in [2.75, 3.05) is 11.9 Å². The van der Waals surface area contributed by atoms with Crippen molar-refractivity contribution in [3.05, 3.63) is 46.8 Å². The molecule has 1 atom stereocenters. The lowest BCUT2D eigenvalue weighted by molar-refractivity contribution is 0.154. The van der Waals surface area contributed by atoms with E-state index in [1.54, 1.807) is 0 Å². The fraction of sp³-hybridized carbons (Fsp3) is 0.200. The van der Waals surface area contributed by atoms with Crippen molar-refractivity contribution < 1.29 is 9.52 Å². The normalized spacial score (nSPS) is 12.3. The van der Waals surface area contributed by atoms with Crippen LogP contribution < -0.4 is 11.1 Å². The summed E-state index contributed by atoms with van der Waals surface area (Å²) in [4.78, 5) is 10.7. The molecule has 0 aliphatic carbocycles. The van der Waals surface area contributed by atoms with Crippen molar-refractivity contribution in [1.82, 2.24) is 10.2 Å². The highest BCUT2D eigenvalue weighted by atomic mass is 16.4. The van der Waals surface area contributed by atoms with Crippen LogP contribution in [0.1, 0.15) is 12.0 Å². The summed E-state index contributed by atoms with van der Waals surface area (Å²) in [6, 6.07) is 9.39. The molecule has 6 heteroatoms. The first-order chi connectivity index (χ1) is 7.75. The number of aromatic nitrogens is 2. The SMILES string of the molecule is O=c1[nH]nc(C(O)CNc2ccccc2)o1. The molecule has 0 saturated heterocycles. The lowest BCUT2D eigenvalue weighted by atomic mass is 10.3. The Morgan fingerprint density at radius 1 is 1.44 bits per heavy atom. The van der Waals surface area contributed by atoms with E-state index in [2.05, 4.69) is 19.9 Å². The van der Waals surface area contributed by atoms with Gasteiger partial charge in [0.1, 0.15) is 6.10 Å². The van der Waals surface area contributed by atoms with Crippen LogP contribution in [0, 0.1) is 0 Å². The van der Waals surface area contributed by atoms with Gasteiger partial charge in [0.05, 0.1) is 0 Å². The third-order valence-electron chi connectivity index (χ3n) is 2.01. The van der Waals surface area contributed by atoms with Gasteiger partial charge in [0, 0.05) is 12.2 Å². The molecule has 0 bridgehead atoms. The minimum atomic E-state index is -0.959. The fourth-order valence-electron chi connectivity index (χ4n) is 1.24. The summed E-state index contributed by atoms with van der Waals surface area (Å²) < 4.78 is 4.62. The van der Waals surface area contributed by atoms with E-state index in [0.717, 1.165) is 5.69 Å². The van der Waals surface area contributed by atoms with Crippen molar-refractivity contribution in [1.29, 1.82) is 0 Å². The van der Waals surface area contributed by atoms with Gasteiger partial charge >= 0.3 is 5.76 Å². The minimum absolute atomic E-state index is 0.0200. The van der Waals surface area contributed by atoms with Gasteiger partial charge in [-0.2, -0.15) is 0 Å². The Balaban J connectivity index is 1.94. The zero-order valence-corrected chi connectivity index (χ0v) is 8.38. The average molecular weight is 221 g/mol. The molecule has 0 spiro atoms. The Kier molecular flexibility index (Phi) is 3.02. The highest BCUT2D eigenvalue weighted by molar-refractivity contribution is 5.42. The number of benzene rings is 1. The number of aromatic amines is 1. The first-order valence-corrected chi connectivity index (χ1v) is 4.78. The van der Waals surface area contributed by atoms with Gasteiger partial charge in [-0.15, -0.1) is 5.10 Å². The highest BCUT2D eigenvalue weighted by Crippen LogP contribution is 2.10. The number of nitrogens with one attached hydrogen (secondary N) is 2. The predicted molar refractivity (Wildman–Crippen MR) is 57.0 cm³/mol. The number of nitrogens with zero attached hydrogens (tertiary/aromatic N) is 1. The van der Waals surface area contributed by atoms with Crippen molar-refractivity contribution >= 4 is 5.69 Å². The third-order valence-corrected chi connectivity index (χ3v) is 2.01. The van der Waals surface area contributed by atoms with E-state index in [-0.39, 0.29) is 12.4 Å². The lowest BCUT2D eigenvalue weighted by Crippen LogP contribution is -2.12. The zero-order chi connectivity index (χ0) is 11.4. The molecule has 1 unspecified atom stereocenters. The van der Waals surface area contributed by atoms with Gasteiger partial charge in [0.25, 0.3) is 0 Å². The van der Waals surface area contributed by atoms with Crippen molar-refractivity contribution in [2.24, 2.45) is 0 Å². The number of rotatable bonds is 4. The van der Waals surface area contributed by atoms with Crippen LogP contribution in [0.3, 0.4) is 0 Å². The van der Waals surface area contributed by atoms with Gasteiger partial charge in [-0.1, -0.05) is 18.2 Å². The molecule has 3 N–H and O–H groups in total. The van der Waals surface area contributed by atoms with Crippen LogP contribution in [0.15, 0.2) is 39.5 Å². The maximum Gasteiger partial charge on any atom is 0.434 e. The molecule has 2 rings (SSSR count). The molecule has 6 nitrogen and oxygen atoms in total. The second-order valence-electron chi connectivity index (χ2n) is 3.21. The Bertz CT molecular complexity index is 491. The number of aliphatic hydroxyl groups excluding tert-OH is 1. The quantitative estimate of drug-likeness (QED) is 0.699. The van der Waals surface area contributed by atoms with Gasteiger partial charge < -0.3 is 14.8 Å². The summed E-state index contributed by atoms with van der Waals surface area (Å²) in [5.74, 6) is -0.692. The van der Waals surface area contributed by atoms with Crippen LogP contribution in [-0.2, 0) is 0 Å². The van der Waals surface area contributed by atoms with Crippen LogP contribution in [0.25, 0.3) is 0 Å². The van der Waals surface area contributed by atoms with Crippen LogP contribution in [-0.4, -0.2) is 21.8 Å². The Morgan fingerprint density at radius 3 is 2.81 bits per heavy atom. The standard InChI is InChI=1S/C10H11N3O3/c14-8(9-12-13-10(15)16-9)6-11-7-4-2-1-3-5-7/h1-5,8,11,14H,6H2,(H,13,15). The number of para-hydroxylation sites is 1. The fourth-order valence-corrected chi connectivity index (χ4v) is 1.24. The van der Waals surface area contributed by atoms with Crippen LogP contribution in [0.4, 0.5) is 5.69 Å². The highest BCUT2D eigenvalue weighted by Gasteiger charge is 2.13. The number of H-pyrrole nitrogens is 1. The number of hydrogen-bond donors (Lipinski definition) is 3. The van der Waals surface area contributed by atoms with E-state index in [4.69, 9.17) is 0 Å². The average Bonchev–Trinajstić information content (AvgIpc) is 2.74. The summed E-state index contributed by atoms with van der Waals surface area (Å²) in [6.45, 7) is 0.220. The van der Waals surface area contributed by atoms with Crippen molar-refractivity contribution in [3.63, 3.8) is 0 Å². The summed E-state index contributed by atoms with van der Waals surface area (Å²) in [5, 5.41) is 18.2. The van der Waals surface area contributed by atoms with Gasteiger partial charge in [-0.05, 0) is 12.1 Å². The van der Waals surface area contributed by atoms with E-state index in [9.17, 15) is 9.90 Å². The molecule has 1 aromatic heterocycles. The number of aliphatic hydroxyl groups is 1. The largest absolute Gasteiger partial charge is 0.434 e. The number of hydrogen-bond acceptors (Lipinski definition) is 5. The predicted octanol–water partition coefficient (Wildman–Crippen LogP) is 0.508. The molecule has 0 fully saturated rings. The topological polar surface area (TPSA) is 91.2 Å². The van der Waals surface area contributed by atoms with E-state index in [0.29, 0.717) is 0 Å². The molecular formula is C10H11N3O3. The summed E-state index contributed by atoms with van der Waals surface area (Å²) >= 11 is 0. The molecule has 0 radical (unpaired) electrons. The summed E-state index contributed by atoms with van der Waals surface area (Å²) in [6.07, 6.45) is -0.959. The monoisotopic (exact) mass is 221 g/mol. The van der Waals surface area contributed by atoms with E-state index in [1.807, 2.05) is 30.3 Å². The first kappa shape index (κ1) is 10.4. The van der Waals surface area contributed by atoms with Gasteiger partial charge in [-0.3, -0.25) is 0 Å². The van der Waals surface area contributed by atoms with Crippen LogP contribution >= 0.6 is 0 Å². The van der Waals surface area contributed by atoms with E-state index >= 15 is 0 Å². The minimum Gasteiger partial charge on any atom is -0.390 e. The molecule has 0 aliphatic heterocycles. The summed E-state index contributed by atoms with van der Waals surface area (Å²) in [5.41, 5.74) is 0.874. The Labute approximate surface area is 90.9 Å². The first-order valence-electron chi connectivity index (χ1n) is 4.78. The van der Waals surface area contributed by atoms with Crippen molar-refractivity contribution in [2.45, 2.75) is 6.10 Å². The Hall–Kier alpha value is -2.08. The molecule has 84 valence electrons. The molecule has 16 heavy (non-hydrogen) atoms. The third kappa shape index (κ3) is 2.48. The molecule has 1 heterocycles. The van der Waals surface area contributed by atoms with Gasteiger partial charge in [0.2, 0.25) is 5.89 Å². The van der Waals surface area contributed by atoms with E-state index < -0.39 is 11.9 Å². The maximum absolute atomic E-state index is 10.7. The molecule has 0 saturated carbocycles.